The SMILES string of the molecule is C/C=C(/F)CC(=O)Nc1cn[nH]c1C(=O)NC1CCN(S(C)(=O)=O)CC1. The minimum Gasteiger partial charge on any atom is -0.348 e. The number of hydrogen-bond donors (Lipinski definition) is 3. The summed E-state index contributed by atoms with van der Waals surface area (Å²) in [4.78, 5) is 24.1. The molecule has 0 saturated carbocycles. The highest BCUT2D eigenvalue weighted by Gasteiger charge is 2.27. The summed E-state index contributed by atoms with van der Waals surface area (Å²) in [5, 5.41) is 11.5. The lowest BCUT2D eigenvalue weighted by Crippen LogP contribution is -2.46. The van der Waals surface area contributed by atoms with Crippen LogP contribution in [0.5, 0.6) is 0 Å². The Morgan fingerprint density at radius 2 is 2.08 bits per heavy atom. The highest BCUT2D eigenvalue weighted by Crippen LogP contribution is 2.17. The van der Waals surface area contributed by atoms with Gasteiger partial charge in [-0.2, -0.15) is 5.10 Å². The normalized spacial score (nSPS) is 17.1. The van der Waals surface area contributed by atoms with E-state index in [2.05, 4.69) is 20.8 Å². The van der Waals surface area contributed by atoms with Gasteiger partial charge in [-0.3, -0.25) is 14.7 Å². The molecule has 1 fully saturated rings. The number of amides is 2. The van der Waals surface area contributed by atoms with Gasteiger partial charge in [0.2, 0.25) is 15.9 Å². The van der Waals surface area contributed by atoms with Crippen LogP contribution in [-0.2, 0) is 14.8 Å². The zero-order chi connectivity index (χ0) is 19.3. The number of rotatable bonds is 6. The van der Waals surface area contributed by atoms with Gasteiger partial charge in [-0.25, -0.2) is 17.1 Å². The van der Waals surface area contributed by atoms with Gasteiger partial charge >= 0.3 is 0 Å². The maximum atomic E-state index is 13.1. The van der Waals surface area contributed by atoms with E-state index in [1.807, 2.05) is 0 Å². The molecule has 1 aromatic rings. The Morgan fingerprint density at radius 3 is 2.65 bits per heavy atom. The van der Waals surface area contributed by atoms with Crippen molar-refractivity contribution in [3.05, 3.63) is 23.8 Å². The van der Waals surface area contributed by atoms with Crippen LogP contribution >= 0.6 is 0 Å². The molecule has 9 nitrogen and oxygen atoms in total. The van der Waals surface area contributed by atoms with Crippen molar-refractivity contribution in [3.8, 4) is 0 Å². The fourth-order valence-electron chi connectivity index (χ4n) is 2.59. The molecule has 1 aliphatic rings. The number of aromatic nitrogens is 2. The summed E-state index contributed by atoms with van der Waals surface area (Å²) in [5.41, 5.74) is 0.217. The molecule has 0 aliphatic carbocycles. The van der Waals surface area contributed by atoms with Crippen molar-refractivity contribution in [3.63, 3.8) is 0 Å². The lowest BCUT2D eigenvalue weighted by molar-refractivity contribution is -0.115. The van der Waals surface area contributed by atoms with Crippen molar-refractivity contribution in [1.82, 2.24) is 19.8 Å². The molecule has 0 atom stereocenters. The molecule has 1 aromatic heterocycles. The fourth-order valence-corrected chi connectivity index (χ4v) is 3.47. The third-order valence-electron chi connectivity index (χ3n) is 4.04. The van der Waals surface area contributed by atoms with E-state index < -0.39 is 34.1 Å². The van der Waals surface area contributed by atoms with Gasteiger partial charge in [-0.05, 0) is 19.8 Å². The summed E-state index contributed by atoms with van der Waals surface area (Å²) >= 11 is 0. The third-order valence-corrected chi connectivity index (χ3v) is 5.34. The van der Waals surface area contributed by atoms with Crippen molar-refractivity contribution in [2.24, 2.45) is 0 Å². The van der Waals surface area contributed by atoms with E-state index in [0.717, 1.165) is 6.26 Å². The van der Waals surface area contributed by atoms with Gasteiger partial charge in [0.1, 0.15) is 11.5 Å². The Morgan fingerprint density at radius 1 is 1.42 bits per heavy atom. The second-order valence-corrected chi connectivity index (χ2v) is 8.01. The lowest BCUT2D eigenvalue weighted by atomic mass is 10.1. The Balaban J connectivity index is 1.93. The first-order valence-electron chi connectivity index (χ1n) is 8.10. The largest absolute Gasteiger partial charge is 0.348 e. The van der Waals surface area contributed by atoms with Gasteiger partial charge in [0, 0.05) is 19.1 Å². The maximum absolute atomic E-state index is 13.1. The molecule has 1 aliphatic heterocycles. The van der Waals surface area contributed by atoms with Gasteiger partial charge in [-0.1, -0.05) is 6.08 Å². The molecule has 144 valence electrons. The molecular weight excluding hydrogens is 365 g/mol. The summed E-state index contributed by atoms with van der Waals surface area (Å²) in [5.74, 6) is -1.64. The van der Waals surface area contributed by atoms with E-state index in [1.54, 1.807) is 0 Å². The highest BCUT2D eigenvalue weighted by atomic mass is 32.2. The molecule has 2 rings (SSSR count). The number of carbonyl (C=O) groups excluding carboxylic acids is 2. The van der Waals surface area contributed by atoms with Crippen LogP contribution in [0, 0.1) is 0 Å². The summed E-state index contributed by atoms with van der Waals surface area (Å²) < 4.78 is 37.5. The molecule has 2 amide bonds. The van der Waals surface area contributed by atoms with E-state index in [9.17, 15) is 22.4 Å². The van der Waals surface area contributed by atoms with E-state index in [4.69, 9.17) is 0 Å². The molecule has 11 heteroatoms. The molecule has 0 bridgehead atoms. The Kier molecular flexibility index (Phi) is 6.48. The number of H-pyrrole nitrogens is 1. The predicted molar refractivity (Wildman–Crippen MR) is 93.6 cm³/mol. The van der Waals surface area contributed by atoms with Crippen LogP contribution in [0.4, 0.5) is 10.1 Å². The third kappa shape index (κ3) is 5.36. The topological polar surface area (TPSA) is 124 Å². The van der Waals surface area contributed by atoms with Crippen LogP contribution in [0.1, 0.15) is 36.7 Å². The van der Waals surface area contributed by atoms with Crippen LogP contribution in [0.15, 0.2) is 18.1 Å². The number of anilines is 1. The quantitative estimate of drug-likeness (QED) is 0.665. The van der Waals surface area contributed by atoms with Gasteiger partial charge in [0.15, 0.2) is 0 Å². The van der Waals surface area contributed by atoms with Crippen LogP contribution in [0.2, 0.25) is 0 Å². The average Bonchev–Trinajstić information content (AvgIpc) is 3.02. The molecular formula is C15H22FN5O4S. The van der Waals surface area contributed by atoms with Crippen molar-refractivity contribution in [2.45, 2.75) is 32.2 Å². The van der Waals surface area contributed by atoms with Crippen molar-refractivity contribution in [2.75, 3.05) is 24.7 Å². The molecule has 0 aromatic carbocycles. The molecule has 26 heavy (non-hydrogen) atoms. The Hall–Kier alpha value is -2.27. The number of halogens is 1. The molecule has 0 radical (unpaired) electrons. The first-order chi connectivity index (χ1) is 12.2. The number of nitrogens with one attached hydrogen (secondary N) is 3. The van der Waals surface area contributed by atoms with Crippen molar-refractivity contribution in [1.29, 1.82) is 0 Å². The second-order valence-electron chi connectivity index (χ2n) is 6.03. The monoisotopic (exact) mass is 387 g/mol. The van der Waals surface area contributed by atoms with Crippen molar-refractivity contribution < 1.29 is 22.4 Å². The zero-order valence-corrected chi connectivity index (χ0v) is 15.4. The predicted octanol–water partition coefficient (Wildman–Crippen LogP) is 0.765. The number of allylic oxidation sites excluding steroid dienone is 1. The summed E-state index contributed by atoms with van der Waals surface area (Å²) in [6.07, 6.45) is 4.16. The minimum absolute atomic E-state index is 0.0600. The Labute approximate surface area is 151 Å². The van der Waals surface area contributed by atoms with E-state index in [0.29, 0.717) is 25.9 Å². The Bertz CT molecular complexity index is 797. The smallest absolute Gasteiger partial charge is 0.271 e. The van der Waals surface area contributed by atoms with Crippen molar-refractivity contribution >= 4 is 27.5 Å². The average molecular weight is 387 g/mol. The van der Waals surface area contributed by atoms with Gasteiger partial charge in [0.25, 0.3) is 5.91 Å². The van der Waals surface area contributed by atoms with E-state index in [-0.39, 0.29) is 17.4 Å². The maximum Gasteiger partial charge on any atom is 0.271 e. The molecule has 2 heterocycles. The number of nitrogens with zero attached hydrogens (tertiary/aromatic N) is 2. The zero-order valence-electron chi connectivity index (χ0n) is 14.6. The standard InChI is InChI=1S/C15H22FN5O4S/c1-3-10(16)8-13(22)19-12-9-17-20-14(12)15(23)18-11-4-6-21(7-5-11)26(2,24)25/h3,9,11H,4-8H2,1-2H3,(H,17,20)(H,18,23)(H,19,22)/b10-3+. The first-order valence-corrected chi connectivity index (χ1v) is 9.95. The van der Waals surface area contributed by atoms with E-state index in [1.165, 1.54) is 23.5 Å². The molecule has 3 N–H and O–H groups in total. The minimum atomic E-state index is -3.23. The first kappa shape index (κ1) is 20.0. The van der Waals surface area contributed by atoms with Crippen LogP contribution < -0.4 is 10.6 Å². The van der Waals surface area contributed by atoms with Gasteiger partial charge < -0.3 is 10.6 Å². The second kappa shape index (κ2) is 8.41. The van der Waals surface area contributed by atoms with Gasteiger partial charge in [0.05, 0.1) is 24.6 Å². The van der Waals surface area contributed by atoms with Crippen LogP contribution in [0.3, 0.4) is 0 Å². The lowest BCUT2D eigenvalue weighted by Gasteiger charge is -2.30. The van der Waals surface area contributed by atoms with E-state index >= 15 is 0 Å². The van der Waals surface area contributed by atoms with Gasteiger partial charge in [-0.15, -0.1) is 0 Å². The summed E-state index contributed by atoms with van der Waals surface area (Å²) in [6.45, 7) is 2.15. The van der Waals surface area contributed by atoms with Crippen LogP contribution in [-0.4, -0.2) is 60.1 Å². The number of piperidine rings is 1. The molecule has 1 saturated heterocycles. The number of aromatic amines is 1. The summed E-state index contributed by atoms with van der Waals surface area (Å²) in [7, 11) is -3.23. The highest BCUT2D eigenvalue weighted by molar-refractivity contribution is 7.88. The van der Waals surface area contributed by atoms with Crippen LogP contribution in [0.25, 0.3) is 0 Å². The fraction of sp³-hybridized carbons (Fsp3) is 0.533. The summed E-state index contributed by atoms with van der Waals surface area (Å²) in [6, 6.07) is -0.187. The number of hydrogen-bond acceptors (Lipinski definition) is 5. The number of carbonyl (C=O) groups is 2. The molecule has 0 spiro atoms. The number of sulfonamides is 1. The molecule has 0 unspecified atom stereocenters.